The second kappa shape index (κ2) is 5.32. The lowest BCUT2D eigenvalue weighted by Crippen LogP contribution is -2.03. The van der Waals surface area contributed by atoms with E-state index in [4.69, 9.17) is 4.74 Å². The highest BCUT2D eigenvalue weighted by Crippen LogP contribution is 2.30. The second-order valence-electron chi connectivity index (χ2n) is 2.40. The van der Waals surface area contributed by atoms with Gasteiger partial charge in [-0.3, -0.25) is 0 Å². The molecule has 2 rings (SSSR count). The molecule has 2 aromatic heterocycles. The van der Waals surface area contributed by atoms with Crippen LogP contribution in [0.4, 0.5) is 0 Å². The van der Waals surface area contributed by atoms with E-state index in [9.17, 15) is 4.79 Å². The third-order valence-corrected chi connectivity index (χ3v) is 4.10. The first-order chi connectivity index (χ1) is 7.79. The second-order valence-corrected chi connectivity index (χ2v) is 5.71. The molecule has 0 bridgehead atoms. The van der Waals surface area contributed by atoms with E-state index in [1.54, 1.807) is 12.4 Å². The number of aromatic nitrogens is 4. The molecule has 0 aliphatic rings. The van der Waals surface area contributed by atoms with Crippen LogP contribution < -0.4 is 0 Å². The number of carbonyl (C=O) groups is 1. The molecule has 0 aliphatic heterocycles. The number of hydrogen-bond acceptors (Lipinski definition) is 9. The van der Waals surface area contributed by atoms with Gasteiger partial charge in [0.15, 0.2) is 8.68 Å². The molecule has 6 nitrogen and oxygen atoms in total. The molecule has 16 heavy (non-hydrogen) atoms. The predicted octanol–water partition coefficient (Wildman–Crippen LogP) is 1.72. The van der Waals surface area contributed by atoms with Crippen molar-refractivity contribution >= 4 is 40.4 Å². The Kier molecular flexibility index (Phi) is 3.80. The van der Waals surface area contributed by atoms with E-state index in [1.807, 2.05) is 0 Å². The van der Waals surface area contributed by atoms with E-state index in [1.165, 1.54) is 34.4 Å². The Labute approximate surface area is 103 Å². The van der Waals surface area contributed by atoms with E-state index < -0.39 is 5.97 Å². The summed E-state index contributed by atoms with van der Waals surface area (Å²) < 4.78 is 6.23. The van der Waals surface area contributed by atoms with Gasteiger partial charge in [0, 0.05) is 0 Å². The zero-order valence-corrected chi connectivity index (χ0v) is 10.6. The maximum atomic E-state index is 11.3. The van der Waals surface area contributed by atoms with Gasteiger partial charge >= 0.3 is 5.97 Å². The van der Waals surface area contributed by atoms with Crippen LogP contribution >= 0.6 is 34.4 Å². The molecule has 0 unspecified atom stereocenters. The molecule has 0 aliphatic carbocycles. The number of rotatable bonds is 4. The molecule has 0 saturated heterocycles. The molecule has 0 amide bonds. The van der Waals surface area contributed by atoms with Gasteiger partial charge in [-0.25, -0.2) is 4.79 Å². The smallest absolute Gasteiger partial charge is 0.369 e. The summed E-state index contributed by atoms with van der Waals surface area (Å²) >= 11 is 3.93. The first-order valence-corrected chi connectivity index (χ1v) is 6.75. The van der Waals surface area contributed by atoms with Crippen molar-refractivity contribution in [2.45, 2.75) is 15.6 Å². The topological polar surface area (TPSA) is 77.9 Å². The third kappa shape index (κ3) is 2.74. The summed E-state index contributed by atoms with van der Waals surface area (Å²) in [5, 5.41) is 15.4. The lowest BCUT2D eigenvalue weighted by atomic mass is 10.7. The average molecular weight is 274 g/mol. The van der Waals surface area contributed by atoms with Crippen molar-refractivity contribution in [3.05, 3.63) is 10.5 Å². The van der Waals surface area contributed by atoms with Crippen molar-refractivity contribution in [1.82, 2.24) is 20.4 Å². The maximum Gasteiger partial charge on any atom is 0.369 e. The van der Waals surface area contributed by atoms with Gasteiger partial charge in [0.1, 0.15) is 5.51 Å². The fourth-order valence-electron chi connectivity index (χ4n) is 0.808. The van der Waals surface area contributed by atoms with E-state index in [0.29, 0.717) is 10.9 Å². The monoisotopic (exact) mass is 274 g/mol. The van der Waals surface area contributed by atoms with E-state index in [0.717, 1.165) is 4.34 Å². The normalized spacial score (nSPS) is 10.3. The first-order valence-electron chi connectivity index (χ1n) is 4.24. The number of hydrogen-bond donors (Lipinski definition) is 0. The van der Waals surface area contributed by atoms with Crippen molar-refractivity contribution in [1.29, 1.82) is 0 Å². The largest absolute Gasteiger partial charge is 0.461 e. The standard InChI is InChI=1S/C7H6N4O2S3/c1-2-13-5(12)4-9-11-7(15-4)16-6-10-8-3-14-6/h3H,2H2,1H3. The van der Waals surface area contributed by atoms with Crippen LogP contribution in [0.25, 0.3) is 0 Å². The lowest BCUT2D eigenvalue weighted by molar-refractivity contribution is 0.0525. The Morgan fingerprint density at radius 3 is 3.00 bits per heavy atom. The fourth-order valence-corrected chi connectivity index (χ4v) is 3.23. The van der Waals surface area contributed by atoms with Gasteiger partial charge in [-0.2, -0.15) is 0 Å². The molecule has 0 radical (unpaired) electrons. The summed E-state index contributed by atoms with van der Waals surface area (Å²) in [7, 11) is 0. The Morgan fingerprint density at radius 1 is 1.44 bits per heavy atom. The first kappa shape index (κ1) is 11.4. The molecule has 9 heteroatoms. The highest BCUT2D eigenvalue weighted by Gasteiger charge is 2.15. The third-order valence-electron chi connectivity index (χ3n) is 1.37. The minimum Gasteiger partial charge on any atom is -0.461 e. The Morgan fingerprint density at radius 2 is 2.31 bits per heavy atom. The van der Waals surface area contributed by atoms with Gasteiger partial charge in [0.05, 0.1) is 6.61 Å². The Balaban J connectivity index is 2.05. The van der Waals surface area contributed by atoms with Gasteiger partial charge in [-0.15, -0.1) is 20.4 Å². The molecular weight excluding hydrogens is 268 g/mol. The summed E-state index contributed by atoms with van der Waals surface area (Å²) in [6, 6.07) is 0. The van der Waals surface area contributed by atoms with Gasteiger partial charge in [0.2, 0.25) is 5.01 Å². The van der Waals surface area contributed by atoms with Crippen LogP contribution in [0.3, 0.4) is 0 Å². The van der Waals surface area contributed by atoms with Gasteiger partial charge in [-0.1, -0.05) is 22.7 Å². The zero-order chi connectivity index (χ0) is 11.4. The van der Waals surface area contributed by atoms with Crippen LogP contribution in [0.15, 0.2) is 14.2 Å². The van der Waals surface area contributed by atoms with Crippen LogP contribution in [-0.4, -0.2) is 33.0 Å². The number of esters is 1. The summed E-state index contributed by atoms with van der Waals surface area (Å²) in [4.78, 5) is 11.3. The molecule has 2 heterocycles. The van der Waals surface area contributed by atoms with E-state index in [2.05, 4.69) is 20.4 Å². The number of ether oxygens (including phenoxy) is 1. The average Bonchev–Trinajstić information content (AvgIpc) is 2.90. The molecular formula is C7H6N4O2S3. The summed E-state index contributed by atoms with van der Waals surface area (Å²) in [6.07, 6.45) is 0. The molecule has 2 aromatic rings. The zero-order valence-electron chi connectivity index (χ0n) is 8.11. The highest BCUT2D eigenvalue weighted by molar-refractivity contribution is 8.02. The molecule has 0 atom stereocenters. The Hall–Kier alpha value is -1.06. The molecule has 0 aromatic carbocycles. The lowest BCUT2D eigenvalue weighted by Gasteiger charge is -1.94. The van der Waals surface area contributed by atoms with E-state index >= 15 is 0 Å². The van der Waals surface area contributed by atoms with Crippen LogP contribution in [-0.2, 0) is 4.74 Å². The molecule has 84 valence electrons. The molecule has 0 N–H and O–H groups in total. The fraction of sp³-hybridized carbons (Fsp3) is 0.286. The Bertz CT molecular complexity index is 470. The highest BCUT2D eigenvalue weighted by atomic mass is 32.2. The summed E-state index contributed by atoms with van der Waals surface area (Å²) in [5.74, 6) is -0.441. The van der Waals surface area contributed by atoms with Crippen molar-refractivity contribution < 1.29 is 9.53 Å². The molecule has 0 fully saturated rings. The minimum absolute atomic E-state index is 0.258. The van der Waals surface area contributed by atoms with Crippen LogP contribution in [0, 0.1) is 0 Å². The predicted molar refractivity (Wildman–Crippen MR) is 59.9 cm³/mol. The quantitative estimate of drug-likeness (QED) is 0.785. The van der Waals surface area contributed by atoms with Crippen LogP contribution in [0.5, 0.6) is 0 Å². The van der Waals surface area contributed by atoms with Crippen LogP contribution in [0.2, 0.25) is 0 Å². The van der Waals surface area contributed by atoms with Crippen molar-refractivity contribution in [2.75, 3.05) is 6.61 Å². The van der Waals surface area contributed by atoms with Crippen molar-refractivity contribution in [3.8, 4) is 0 Å². The van der Waals surface area contributed by atoms with Gasteiger partial charge < -0.3 is 4.74 Å². The van der Waals surface area contributed by atoms with Gasteiger partial charge in [0.25, 0.3) is 0 Å². The maximum absolute atomic E-state index is 11.3. The minimum atomic E-state index is -0.441. The number of carbonyl (C=O) groups excluding carboxylic acids is 1. The van der Waals surface area contributed by atoms with Crippen LogP contribution in [0.1, 0.15) is 16.7 Å². The van der Waals surface area contributed by atoms with E-state index in [-0.39, 0.29) is 5.01 Å². The van der Waals surface area contributed by atoms with Crippen molar-refractivity contribution in [3.63, 3.8) is 0 Å². The summed E-state index contributed by atoms with van der Waals surface area (Å²) in [6.45, 7) is 2.08. The number of nitrogens with zero attached hydrogens (tertiary/aromatic N) is 4. The molecule has 0 saturated carbocycles. The SMILES string of the molecule is CCOC(=O)c1nnc(Sc2nncs2)s1. The van der Waals surface area contributed by atoms with Gasteiger partial charge in [-0.05, 0) is 18.7 Å². The summed E-state index contributed by atoms with van der Waals surface area (Å²) in [5.41, 5.74) is 1.63. The molecule has 0 spiro atoms. The van der Waals surface area contributed by atoms with Crippen molar-refractivity contribution in [2.24, 2.45) is 0 Å².